The van der Waals surface area contributed by atoms with Gasteiger partial charge >= 0.3 is 0 Å². The van der Waals surface area contributed by atoms with Gasteiger partial charge < -0.3 is 9.88 Å². The number of nitriles is 1. The van der Waals surface area contributed by atoms with Crippen LogP contribution in [0, 0.1) is 16.7 Å². The molecular weight excluding hydrogens is 352 g/mol. The molecule has 140 valence electrons. The number of nitrogens with zero attached hydrogens (tertiary/aromatic N) is 5. The minimum Gasteiger partial charge on any atom is -0.370 e. The van der Waals surface area contributed by atoms with Crippen molar-refractivity contribution in [3.8, 4) is 6.07 Å². The molecule has 0 bridgehead atoms. The lowest BCUT2D eigenvalue weighted by Crippen LogP contribution is -2.36. The maximum atomic E-state index is 12.5. The maximum Gasteiger partial charge on any atom is 0.268 e. The first-order chi connectivity index (χ1) is 13.7. The van der Waals surface area contributed by atoms with Gasteiger partial charge in [-0.3, -0.25) is 9.78 Å². The van der Waals surface area contributed by atoms with E-state index >= 15 is 0 Å². The molecule has 5 rings (SSSR count). The molecule has 0 aromatic carbocycles. The van der Waals surface area contributed by atoms with E-state index in [0.717, 1.165) is 42.7 Å². The van der Waals surface area contributed by atoms with E-state index in [9.17, 15) is 10.1 Å². The maximum absolute atomic E-state index is 12.5. The normalized spacial score (nSPS) is 17.6. The quantitative estimate of drug-likeness (QED) is 0.759. The number of aromatic amines is 1. The van der Waals surface area contributed by atoms with Crippen LogP contribution >= 0.6 is 0 Å². The van der Waals surface area contributed by atoms with Crippen LogP contribution in [0.4, 0.5) is 5.69 Å². The van der Waals surface area contributed by atoms with Gasteiger partial charge in [-0.2, -0.15) is 5.26 Å². The van der Waals surface area contributed by atoms with Gasteiger partial charge in [0, 0.05) is 36.6 Å². The molecule has 3 aromatic heterocycles. The van der Waals surface area contributed by atoms with Gasteiger partial charge in [-0.15, -0.1) is 0 Å². The standard InChI is InChI=1S/C21H20N6O/c22-12-16-19(27-8-4-21(2-3-21)5-9-27)15-10-14(11-18-23-6-1-7-24-18)25-13-17(15)26-20(16)28/h1,6-7,10,13H,2-5,8-9,11H2,(H,26,28). The molecule has 1 N–H and O–H groups in total. The topological polar surface area (TPSA) is 98.6 Å². The number of rotatable bonds is 3. The van der Waals surface area contributed by atoms with Crippen molar-refractivity contribution >= 4 is 16.6 Å². The predicted octanol–water partition coefficient (Wildman–Crippen LogP) is 2.56. The Balaban J connectivity index is 1.60. The average Bonchev–Trinajstić information content (AvgIpc) is 3.48. The molecular formula is C21H20N6O. The number of aromatic nitrogens is 4. The van der Waals surface area contributed by atoms with Gasteiger partial charge in [0.05, 0.1) is 23.8 Å². The Bertz CT molecular complexity index is 1130. The number of H-pyrrole nitrogens is 1. The Morgan fingerprint density at radius 3 is 2.57 bits per heavy atom. The molecule has 1 spiro atoms. The summed E-state index contributed by atoms with van der Waals surface area (Å²) in [6.45, 7) is 1.76. The Morgan fingerprint density at radius 2 is 1.89 bits per heavy atom. The lowest BCUT2D eigenvalue weighted by atomic mass is 9.92. The van der Waals surface area contributed by atoms with Gasteiger partial charge in [0.15, 0.2) is 0 Å². The zero-order valence-electron chi connectivity index (χ0n) is 15.5. The lowest BCUT2D eigenvalue weighted by Gasteiger charge is -2.34. The third kappa shape index (κ3) is 2.91. The second kappa shape index (κ2) is 6.41. The fourth-order valence-electron chi connectivity index (χ4n) is 4.21. The molecule has 1 saturated carbocycles. The van der Waals surface area contributed by atoms with Crippen LogP contribution in [-0.4, -0.2) is 33.0 Å². The molecule has 7 nitrogen and oxygen atoms in total. The van der Waals surface area contributed by atoms with Crippen LogP contribution in [0.1, 0.15) is 42.8 Å². The molecule has 0 radical (unpaired) electrons. The molecule has 0 atom stereocenters. The van der Waals surface area contributed by atoms with E-state index < -0.39 is 0 Å². The van der Waals surface area contributed by atoms with E-state index in [1.54, 1.807) is 24.7 Å². The number of piperidine rings is 1. The van der Waals surface area contributed by atoms with Crippen LogP contribution in [0.3, 0.4) is 0 Å². The monoisotopic (exact) mass is 372 g/mol. The van der Waals surface area contributed by atoms with Crippen molar-refractivity contribution in [2.45, 2.75) is 32.1 Å². The van der Waals surface area contributed by atoms with Crippen LogP contribution in [0.25, 0.3) is 10.9 Å². The highest BCUT2D eigenvalue weighted by molar-refractivity contribution is 5.94. The van der Waals surface area contributed by atoms with E-state index in [4.69, 9.17) is 0 Å². The van der Waals surface area contributed by atoms with Crippen LogP contribution in [0.5, 0.6) is 0 Å². The predicted molar refractivity (Wildman–Crippen MR) is 105 cm³/mol. The highest BCUT2D eigenvalue weighted by Crippen LogP contribution is 2.54. The molecule has 28 heavy (non-hydrogen) atoms. The number of pyridine rings is 2. The van der Waals surface area contributed by atoms with Crippen LogP contribution in [-0.2, 0) is 6.42 Å². The Kier molecular flexibility index (Phi) is 3.86. The number of hydrogen-bond acceptors (Lipinski definition) is 6. The van der Waals surface area contributed by atoms with E-state index in [1.807, 2.05) is 6.07 Å². The van der Waals surface area contributed by atoms with Gasteiger partial charge in [0.1, 0.15) is 17.5 Å². The minimum absolute atomic E-state index is 0.187. The Labute approximate surface area is 162 Å². The smallest absolute Gasteiger partial charge is 0.268 e. The summed E-state index contributed by atoms with van der Waals surface area (Å²) in [5, 5.41) is 10.5. The molecule has 7 heteroatoms. The van der Waals surface area contributed by atoms with Crippen molar-refractivity contribution in [2.75, 3.05) is 18.0 Å². The molecule has 4 heterocycles. The largest absolute Gasteiger partial charge is 0.370 e. The summed E-state index contributed by atoms with van der Waals surface area (Å²) >= 11 is 0. The van der Waals surface area contributed by atoms with Crippen LogP contribution < -0.4 is 10.5 Å². The van der Waals surface area contributed by atoms with E-state index in [2.05, 4.69) is 30.9 Å². The number of hydrogen-bond donors (Lipinski definition) is 1. The van der Waals surface area contributed by atoms with Gasteiger partial charge in [-0.05, 0) is 43.2 Å². The Morgan fingerprint density at radius 1 is 1.14 bits per heavy atom. The van der Waals surface area contributed by atoms with Crippen molar-refractivity contribution in [3.05, 3.63) is 58.2 Å². The Hall–Kier alpha value is -3.27. The molecule has 0 amide bonds. The van der Waals surface area contributed by atoms with Crippen molar-refractivity contribution in [1.29, 1.82) is 5.26 Å². The van der Waals surface area contributed by atoms with Crippen molar-refractivity contribution < 1.29 is 0 Å². The fraction of sp³-hybridized carbons (Fsp3) is 0.381. The van der Waals surface area contributed by atoms with Gasteiger partial charge in [0.2, 0.25) is 0 Å². The van der Waals surface area contributed by atoms with Crippen molar-refractivity contribution in [2.24, 2.45) is 5.41 Å². The second-order valence-corrected chi connectivity index (χ2v) is 7.84. The molecule has 1 aliphatic heterocycles. The summed E-state index contributed by atoms with van der Waals surface area (Å²) in [6, 6.07) is 5.87. The summed E-state index contributed by atoms with van der Waals surface area (Å²) in [7, 11) is 0. The molecule has 3 aromatic rings. The SMILES string of the molecule is N#Cc1c(N2CCC3(CC2)CC3)c2cc(Cc3ncccn3)ncc2[nH]c1=O. The van der Waals surface area contributed by atoms with Gasteiger partial charge in [-0.1, -0.05) is 0 Å². The van der Waals surface area contributed by atoms with E-state index in [0.29, 0.717) is 23.2 Å². The summed E-state index contributed by atoms with van der Waals surface area (Å²) in [5.74, 6) is 0.689. The first-order valence-corrected chi connectivity index (χ1v) is 9.63. The number of anilines is 1. The van der Waals surface area contributed by atoms with E-state index in [-0.39, 0.29) is 11.1 Å². The minimum atomic E-state index is -0.349. The summed E-state index contributed by atoms with van der Waals surface area (Å²) in [5.41, 5.74) is 2.58. The third-order valence-electron chi connectivity index (χ3n) is 6.10. The van der Waals surface area contributed by atoms with Gasteiger partial charge in [0.25, 0.3) is 5.56 Å². The molecule has 2 aliphatic rings. The molecule has 1 saturated heterocycles. The highest BCUT2D eigenvalue weighted by atomic mass is 16.1. The van der Waals surface area contributed by atoms with E-state index in [1.165, 1.54) is 12.8 Å². The third-order valence-corrected chi connectivity index (χ3v) is 6.10. The fourth-order valence-corrected chi connectivity index (χ4v) is 4.21. The van der Waals surface area contributed by atoms with Crippen molar-refractivity contribution in [3.63, 3.8) is 0 Å². The number of fused-ring (bicyclic) bond motifs is 1. The van der Waals surface area contributed by atoms with Crippen LogP contribution in [0.2, 0.25) is 0 Å². The zero-order chi connectivity index (χ0) is 19.1. The molecule has 0 unspecified atom stereocenters. The van der Waals surface area contributed by atoms with Gasteiger partial charge in [-0.25, -0.2) is 9.97 Å². The molecule has 1 aliphatic carbocycles. The lowest BCUT2D eigenvalue weighted by molar-refractivity contribution is 0.385. The summed E-state index contributed by atoms with van der Waals surface area (Å²) in [6.07, 6.45) is 10.5. The second-order valence-electron chi connectivity index (χ2n) is 7.84. The number of nitrogens with one attached hydrogen (secondary N) is 1. The summed E-state index contributed by atoms with van der Waals surface area (Å²) in [4.78, 5) is 30.5. The van der Waals surface area contributed by atoms with Crippen molar-refractivity contribution in [1.82, 2.24) is 19.9 Å². The molecule has 2 fully saturated rings. The van der Waals surface area contributed by atoms with Crippen LogP contribution in [0.15, 0.2) is 35.5 Å². The highest BCUT2D eigenvalue weighted by Gasteiger charge is 2.44. The average molecular weight is 372 g/mol. The zero-order valence-corrected chi connectivity index (χ0v) is 15.5. The summed E-state index contributed by atoms with van der Waals surface area (Å²) < 4.78 is 0. The first kappa shape index (κ1) is 16.9. The first-order valence-electron chi connectivity index (χ1n) is 9.63.